The molecule has 0 radical (unpaired) electrons. The van der Waals surface area contributed by atoms with Crippen molar-refractivity contribution in [3.63, 3.8) is 0 Å². The number of hydrogen-bond acceptors (Lipinski definition) is 4. The molecule has 1 fully saturated rings. The minimum absolute atomic E-state index is 0.123. The smallest absolute Gasteiger partial charge is 0.257 e. The molecule has 1 aromatic carbocycles. The number of carbonyl (C=O) groups is 1. The van der Waals surface area contributed by atoms with E-state index in [4.69, 9.17) is 0 Å². The number of benzene rings is 1. The summed E-state index contributed by atoms with van der Waals surface area (Å²) in [5.74, 6) is -0.123. The van der Waals surface area contributed by atoms with Crippen LogP contribution in [-0.4, -0.2) is 38.1 Å². The van der Waals surface area contributed by atoms with Crippen molar-refractivity contribution in [3.8, 4) is 0 Å². The fourth-order valence-electron chi connectivity index (χ4n) is 3.10. The molecule has 5 nitrogen and oxygen atoms in total. The van der Waals surface area contributed by atoms with Gasteiger partial charge in [0.2, 0.25) is 0 Å². The van der Waals surface area contributed by atoms with E-state index in [0.29, 0.717) is 5.56 Å². The van der Waals surface area contributed by atoms with E-state index in [1.165, 1.54) is 25.7 Å². The number of pyridine rings is 1. The largest absolute Gasteiger partial charge is 0.378 e. The Balaban J connectivity index is 1.70. The quantitative estimate of drug-likeness (QED) is 0.922. The number of hydrogen-bond donors (Lipinski definition) is 1. The second kappa shape index (κ2) is 8.01. The molecule has 1 aliphatic rings. The topological polar surface area (TPSA) is 48.5 Å². The van der Waals surface area contributed by atoms with Crippen LogP contribution in [0.4, 0.5) is 17.1 Å². The summed E-state index contributed by atoms with van der Waals surface area (Å²) in [5, 5.41) is 2.95. The van der Waals surface area contributed by atoms with E-state index >= 15 is 0 Å². The van der Waals surface area contributed by atoms with Crippen molar-refractivity contribution < 1.29 is 4.79 Å². The van der Waals surface area contributed by atoms with Gasteiger partial charge >= 0.3 is 0 Å². The molecular weight excluding hydrogens is 312 g/mol. The van der Waals surface area contributed by atoms with E-state index in [1.807, 2.05) is 55.5 Å². The summed E-state index contributed by atoms with van der Waals surface area (Å²) in [4.78, 5) is 21.2. The number of amides is 1. The van der Waals surface area contributed by atoms with Gasteiger partial charge in [-0.2, -0.15) is 0 Å². The zero-order valence-electron chi connectivity index (χ0n) is 15.0. The third-order valence-corrected chi connectivity index (χ3v) is 4.60. The molecule has 132 valence electrons. The van der Waals surface area contributed by atoms with Crippen LogP contribution in [0, 0.1) is 0 Å². The Bertz CT molecular complexity index is 704. The number of nitrogens with one attached hydrogen (secondary N) is 1. The van der Waals surface area contributed by atoms with Crippen molar-refractivity contribution in [1.82, 2.24) is 4.98 Å². The minimum Gasteiger partial charge on any atom is -0.378 e. The SMILES string of the molecule is CN(C)c1ccc(NC(=O)c2cncc(N3CCCCCC3)c2)cc1. The summed E-state index contributed by atoms with van der Waals surface area (Å²) in [7, 11) is 3.99. The fourth-order valence-corrected chi connectivity index (χ4v) is 3.10. The monoisotopic (exact) mass is 338 g/mol. The van der Waals surface area contributed by atoms with Crippen LogP contribution in [0.5, 0.6) is 0 Å². The highest BCUT2D eigenvalue weighted by Crippen LogP contribution is 2.21. The van der Waals surface area contributed by atoms with E-state index in [-0.39, 0.29) is 5.91 Å². The van der Waals surface area contributed by atoms with Gasteiger partial charge in [0.25, 0.3) is 5.91 Å². The van der Waals surface area contributed by atoms with Gasteiger partial charge in [0.05, 0.1) is 17.4 Å². The van der Waals surface area contributed by atoms with Crippen LogP contribution >= 0.6 is 0 Å². The van der Waals surface area contributed by atoms with Gasteiger partial charge in [-0.15, -0.1) is 0 Å². The highest BCUT2D eigenvalue weighted by molar-refractivity contribution is 6.04. The maximum absolute atomic E-state index is 12.6. The summed E-state index contributed by atoms with van der Waals surface area (Å²) < 4.78 is 0. The number of carbonyl (C=O) groups excluding carboxylic acids is 1. The maximum atomic E-state index is 12.6. The van der Waals surface area contributed by atoms with Gasteiger partial charge in [0.15, 0.2) is 0 Å². The van der Waals surface area contributed by atoms with Gasteiger partial charge in [-0.05, 0) is 43.2 Å². The molecule has 5 heteroatoms. The molecule has 1 saturated heterocycles. The number of nitrogens with zero attached hydrogens (tertiary/aromatic N) is 3. The van der Waals surface area contributed by atoms with Crippen LogP contribution in [0.25, 0.3) is 0 Å². The average Bonchev–Trinajstić information content (AvgIpc) is 2.92. The number of anilines is 3. The average molecular weight is 338 g/mol. The van der Waals surface area contributed by atoms with Gasteiger partial charge in [-0.25, -0.2) is 0 Å². The Morgan fingerprint density at radius 3 is 2.36 bits per heavy atom. The fraction of sp³-hybridized carbons (Fsp3) is 0.400. The Morgan fingerprint density at radius 1 is 1.04 bits per heavy atom. The third-order valence-electron chi connectivity index (χ3n) is 4.60. The maximum Gasteiger partial charge on any atom is 0.257 e. The normalized spacial score (nSPS) is 14.7. The van der Waals surface area contributed by atoms with Gasteiger partial charge in [-0.1, -0.05) is 12.8 Å². The molecular formula is C20H26N4O. The lowest BCUT2D eigenvalue weighted by molar-refractivity contribution is 0.102. The molecule has 1 amide bonds. The van der Waals surface area contributed by atoms with Crippen molar-refractivity contribution in [3.05, 3.63) is 48.3 Å². The molecule has 1 N–H and O–H groups in total. The molecule has 0 spiro atoms. The van der Waals surface area contributed by atoms with E-state index in [1.54, 1.807) is 6.20 Å². The van der Waals surface area contributed by atoms with Crippen LogP contribution < -0.4 is 15.1 Å². The first-order chi connectivity index (χ1) is 12.1. The molecule has 1 aliphatic heterocycles. The molecule has 0 saturated carbocycles. The Labute approximate surface area is 149 Å². The van der Waals surface area contributed by atoms with Crippen molar-refractivity contribution in [1.29, 1.82) is 0 Å². The predicted octanol–water partition coefficient (Wildman–Crippen LogP) is 3.78. The number of rotatable bonds is 4. The lowest BCUT2D eigenvalue weighted by Gasteiger charge is -2.22. The van der Waals surface area contributed by atoms with Crippen molar-refractivity contribution in [2.75, 3.05) is 42.3 Å². The first-order valence-electron chi connectivity index (χ1n) is 8.92. The molecule has 0 aliphatic carbocycles. The van der Waals surface area contributed by atoms with Crippen molar-refractivity contribution >= 4 is 23.0 Å². The lowest BCUT2D eigenvalue weighted by Crippen LogP contribution is -2.24. The molecule has 1 aromatic heterocycles. The zero-order valence-corrected chi connectivity index (χ0v) is 15.0. The molecule has 25 heavy (non-hydrogen) atoms. The van der Waals surface area contributed by atoms with Gasteiger partial charge in [0, 0.05) is 44.8 Å². The van der Waals surface area contributed by atoms with Crippen LogP contribution in [0.3, 0.4) is 0 Å². The summed E-state index contributed by atoms with van der Waals surface area (Å²) in [6.07, 6.45) is 8.46. The van der Waals surface area contributed by atoms with Crippen LogP contribution in [0.15, 0.2) is 42.7 Å². The molecule has 0 unspecified atom stereocenters. The molecule has 2 heterocycles. The number of aromatic nitrogens is 1. The van der Waals surface area contributed by atoms with Crippen LogP contribution in [0.1, 0.15) is 36.0 Å². The Hall–Kier alpha value is -2.56. The summed E-state index contributed by atoms with van der Waals surface area (Å²) >= 11 is 0. The third kappa shape index (κ3) is 4.50. The summed E-state index contributed by atoms with van der Waals surface area (Å²) in [5.41, 5.74) is 3.52. The van der Waals surface area contributed by atoms with Gasteiger partial charge in [0.1, 0.15) is 0 Å². The summed E-state index contributed by atoms with van der Waals surface area (Å²) in [6.45, 7) is 2.08. The van der Waals surface area contributed by atoms with Crippen molar-refractivity contribution in [2.45, 2.75) is 25.7 Å². The van der Waals surface area contributed by atoms with E-state index < -0.39 is 0 Å². The van der Waals surface area contributed by atoms with E-state index in [0.717, 1.165) is 30.2 Å². The Morgan fingerprint density at radius 2 is 1.72 bits per heavy atom. The standard InChI is InChI=1S/C20H26N4O/c1-23(2)18-9-7-17(8-10-18)22-20(25)16-13-19(15-21-14-16)24-11-5-3-4-6-12-24/h7-10,13-15H,3-6,11-12H2,1-2H3,(H,22,25). The zero-order chi connectivity index (χ0) is 17.6. The Kier molecular flexibility index (Phi) is 5.53. The highest BCUT2D eigenvalue weighted by atomic mass is 16.1. The molecule has 0 bridgehead atoms. The molecule has 0 atom stereocenters. The van der Waals surface area contributed by atoms with Crippen LogP contribution in [0.2, 0.25) is 0 Å². The molecule has 3 rings (SSSR count). The second-order valence-electron chi connectivity index (χ2n) is 6.73. The van der Waals surface area contributed by atoms with Crippen molar-refractivity contribution in [2.24, 2.45) is 0 Å². The van der Waals surface area contributed by atoms with Gasteiger partial charge in [-0.3, -0.25) is 9.78 Å². The van der Waals surface area contributed by atoms with E-state index in [2.05, 4.69) is 15.2 Å². The first-order valence-corrected chi connectivity index (χ1v) is 8.92. The summed E-state index contributed by atoms with van der Waals surface area (Å²) in [6, 6.07) is 9.75. The highest BCUT2D eigenvalue weighted by Gasteiger charge is 2.13. The van der Waals surface area contributed by atoms with Crippen LogP contribution in [-0.2, 0) is 0 Å². The molecule has 2 aromatic rings. The minimum atomic E-state index is -0.123. The predicted molar refractivity (Wildman–Crippen MR) is 104 cm³/mol. The lowest BCUT2D eigenvalue weighted by atomic mass is 10.2. The first kappa shape index (κ1) is 17.3. The van der Waals surface area contributed by atoms with E-state index in [9.17, 15) is 4.79 Å². The second-order valence-corrected chi connectivity index (χ2v) is 6.73. The van der Waals surface area contributed by atoms with Gasteiger partial charge < -0.3 is 15.1 Å².